The maximum atomic E-state index is 10.1. The first kappa shape index (κ1) is 6.51. The van der Waals surface area contributed by atoms with E-state index in [1.807, 2.05) is 0 Å². The van der Waals surface area contributed by atoms with Gasteiger partial charge in [-0.25, -0.2) is 4.98 Å². The van der Waals surface area contributed by atoms with Crippen molar-refractivity contribution in [1.29, 1.82) is 0 Å². The van der Waals surface area contributed by atoms with E-state index in [4.69, 9.17) is 0 Å². The second kappa shape index (κ2) is 2.80. The van der Waals surface area contributed by atoms with Crippen molar-refractivity contribution in [3.05, 3.63) is 16.1 Å². The van der Waals surface area contributed by atoms with E-state index < -0.39 is 0 Å². The molecule has 0 spiro atoms. The van der Waals surface area contributed by atoms with Gasteiger partial charge in [0, 0.05) is 11.6 Å². The zero-order valence-electron chi connectivity index (χ0n) is 4.40. The van der Waals surface area contributed by atoms with Crippen LogP contribution in [0, 0.1) is 0 Å². The SMILES string of the molecule is O=Cc1cnc(C=S)s1. The van der Waals surface area contributed by atoms with E-state index in [1.54, 1.807) is 0 Å². The number of aromatic nitrogens is 1. The van der Waals surface area contributed by atoms with Crippen molar-refractivity contribution in [2.24, 2.45) is 0 Å². The van der Waals surface area contributed by atoms with Crippen LogP contribution in [-0.4, -0.2) is 16.6 Å². The average Bonchev–Trinajstić information content (AvgIpc) is 2.34. The van der Waals surface area contributed by atoms with Gasteiger partial charge in [-0.15, -0.1) is 11.3 Å². The van der Waals surface area contributed by atoms with E-state index in [0.29, 0.717) is 9.88 Å². The molecule has 1 aromatic heterocycles. The molecule has 0 radical (unpaired) electrons. The van der Waals surface area contributed by atoms with Gasteiger partial charge in [0.25, 0.3) is 0 Å². The van der Waals surface area contributed by atoms with Crippen LogP contribution in [0.25, 0.3) is 0 Å². The average molecular weight is 157 g/mol. The van der Waals surface area contributed by atoms with Crippen molar-refractivity contribution < 1.29 is 4.79 Å². The molecule has 0 saturated carbocycles. The first-order valence-corrected chi connectivity index (χ1v) is 3.52. The number of aldehydes is 1. The third-order valence-electron chi connectivity index (χ3n) is 0.758. The van der Waals surface area contributed by atoms with Crippen molar-refractivity contribution in [2.45, 2.75) is 0 Å². The van der Waals surface area contributed by atoms with Gasteiger partial charge in [0.1, 0.15) is 5.01 Å². The Balaban J connectivity index is 2.98. The van der Waals surface area contributed by atoms with Gasteiger partial charge in [-0.2, -0.15) is 0 Å². The minimum absolute atomic E-state index is 0.617. The van der Waals surface area contributed by atoms with Gasteiger partial charge in [0.2, 0.25) is 0 Å². The second-order valence-corrected chi connectivity index (χ2v) is 2.67. The van der Waals surface area contributed by atoms with Crippen LogP contribution in [-0.2, 0) is 0 Å². The molecule has 4 heteroatoms. The van der Waals surface area contributed by atoms with E-state index in [0.717, 1.165) is 6.29 Å². The van der Waals surface area contributed by atoms with Crippen molar-refractivity contribution in [2.75, 3.05) is 0 Å². The van der Waals surface area contributed by atoms with Gasteiger partial charge >= 0.3 is 0 Å². The van der Waals surface area contributed by atoms with E-state index >= 15 is 0 Å². The summed E-state index contributed by atoms with van der Waals surface area (Å²) < 4.78 is 0. The molecule has 46 valence electrons. The highest BCUT2D eigenvalue weighted by Crippen LogP contribution is 2.07. The first-order valence-electron chi connectivity index (χ1n) is 2.23. The van der Waals surface area contributed by atoms with Crippen LogP contribution < -0.4 is 0 Å². The largest absolute Gasteiger partial charge is 0.297 e. The number of carbonyl (C=O) groups is 1. The number of hydrogen-bond donors (Lipinski definition) is 0. The molecule has 0 N–H and O–H groups in total. The smallest absolute Gasteiger partial charge is 0.161 e. The zero-order valence-corrected chi connectivity index (χ0v) is 6.04. The molecule has 0 aliphatic rings. The number of rotatable bonds is 2. The fourth-order valence-corrected chi connectivity index (χ4v) is 1.16. The molecule has 0 aliphatic carbocycles. The molecule has 0 bridgehead atoms. The number of thiazole rings is 1. The van der Waals surface area contributed by atoms with Crippen LogP contribution in [0.5, 0.6) is 0 Å². The molecule has 0 aromatic carbocycles. The van der Waals surface area contributed by atoms with Crippen LogP contribution >= 0.6 is 23.6 Å². The lowest BCUT2D eigenvalue weighted by atomic mass is 10.6. The van der Waals surface area contributed by atoms with Gasteiger partial charge in [-0.3, -0.25) is 4.79 Å². The lowest BCUT2D eigenvalue weighted by molar-refractivity contribution is 0.112. The minimum atomic E-state index is 0.617. The molecule has 9 heavy (non-hydrogen) atoms. The predicted octanol–water partition coefficient (Wildman–Crippen LogP) is 1.30. The Hall–Kier alpha value is -0.610. The quantitative estimate of drug-likeness (QED) is 0.479. The van der Waals surface area contributed by atoms with Gasteiger partial charge < -0.3 is 0 Å². The van der Waals surface area contributed by atoms with Gasteiger partial charge in [-0.05, 0) is 0 Å². The highest BCUT2D eigenvalue weighted by atomic mass is 32.1. The Bertz CT molecular complexity index is 208. The maximum absolute atomic E-state index is 10.1. The van der Waals surface area contributed by atoms with Crippen LogP contribution in [0.3, 0.4) is 0 Å². The highest BCUT2D eigenvalue weighted by Gasteiger charge is 1.94. The minimum Gasteiger partial charge on any atom is -0.297 e. The highest BCUT2D eigenvalue weighted by molar-refractivity contribution is 7.79. The number of nitrogens with zero attached hydrogens (tertiary/aromatic N) is 1. The molecule has 1 rings (SSSR count). The summed E-state index contributed by atoms with van der Waals surface area (Å²) in [6.07, 6.45) is 2.27. The second-order valence-electron chi connectivity index (χ2n) is 1.34. The summed E-state index contributed by atoms with van der Waals surface area (Å²) in [6, 6.07) is 0. The Kier molecular flexibility index (Phi) is 2.02. The van der Waals surface area contributed by atoms with Crippen LogP contribution in [0.4, 0.5) is 0 Å². The summed E-state index contributed by atoms with van der Waals surface area (Å²) in [5, 5.41) is 2.17. The lowest BCUT2D eigenvalue weighted by Gasteiger charge is -1.70. The maximum Gasteiger partial charge on any atom is 0.161 e. The Morgan fingerprint density at radius 1 is 1.78 bits per heavy atom. The molecule has 1 heterocycles. The fourth-order valence-electron chi connectivity index (χ4n) is 0.410. The normalized spacial score (nSPS) is 8.89. The van der Waals surface area contributed by atoms with Crippen molar-refractivity contribution in [3.8, 4) is 0 Å². The number of hydrogen-bond acceptors (Lipinski definition) is 4. The molecule has 0 atom stereocenters. The van der Waals surface area contributed by atoms with Crippen LogP contribution in [0.15, 0.2) is 6.20 Å². The summed E-state index contributed by atoms with van der Waals surface area (Å²) >= 11 is 5.88. The molecular weight excluding hydrogens is 154 g/mol. The summed E-state index contributed by atoms with van der Waals surface area (Å²) in [5.74, 6) is 0. The molecule has 0 saturated heterocycles. The third kappa shape index (κ3) is 1.40. The third-order valence-corrected chi connectivity index (χ3v) is 2.00. The summed E-state index contributed by atoms with van der Waals surface area (Å²) in [5.41, 5.74) is 0. The molecule has 0 unspecified atom stereocenters. The van der Waals surface area contributed by atoms with Gasteiger partial charge in [0.15, 0.2) is 6.29 Å². The van der Waals surface area contributed by atoms with Crippen molar-refractivity contribution >= 4 is 35.2 Å². The molecule has 0 amide bonds. The van der Waals surface area contributed by atoms with Crippen LogP contribution in [0.1, 0.15) is 14.7 Å². The Morgan fingerprint density at radius 3 is 2.89 bits per heavy atom. The molecule has 0 aliphatic heterocycles. The van der Waals surface area contributed by atoms with Gasteiger partial charge in [-0.1, -0.05) is 12.2 Å². The van der Waals surface area contributed by atoms with E-state index in [1.165, 1.54) is 22.9 Å². The Labute approximate surface area is 61.5 Å². The zero-order chi connectivity index (χ0) is 6.69. The van der Waals surface area contributed by atoms with Crippen molar-refractivity contribution in [1.82, 2.24) is 4.98 Å². The summed E-state index contributed by atoms with van der Waals surface area (Å²) in [6.45, 7) is 0. The molecular formula is C5H3NOS2. The predicted molar refractivity (Wildman–Crippen MR) is 40.3 cm³/mol. The topological polar surface area (TPSA) is 30.0 Å². The standard InChI is InChI=1S/C5H3NOS2/c7-2-4-1-6-5(3-8)9-4/h1-3H. The summed E-state index contributed by atoms with van der Waals surface area (Å²) in [4.78, 5) is 14.5. The Morgan fingerprint density at radius 2 is 2.56 bits per heavy atom. The number of carbonyl (C=O) groups excluding carboxylic acids is 1. The molecule has 1 aromatic rings. The first-order chi connectivity index (χ1) is 4.36. The molecule has 0 fully saturated rings. The fraction of sp³-hybridized carbons (Fsp3) is 0. The van der Waals surface area contributed by atoms with Crippen LogP contribution in [0.2, 0.25) is 0 Å². The van der Waals surface area contributed by atoms with Crippen molar-refractivity contribution in [3.63, 3.8) is 0 Å². The van der Waals surface area contributed by atoms with E-state index in [2.05, 4.69) is 17.2 Å². The van der Waals surface area contributed by atoms with Gasteiger partial charge in [0.05, 0.1) is 4.88 Å². The van der Waals surface area contributed by atoms with E-state index in [-0.39, 0.29) is 0 Å². The van der Waals surface area contributed by atoms with E-state index in [9.17, 15) is 4.79 Å². The summed E-state index contributed by atoms with van der Waals surface area (Å²) in [7, 11) is 0. The molecule has 2 nitrogen and oxygen atoms in total. The monoisotopic (exact) mass is 157 g/mol. The lowest BCUT2D eigenvalue weighted by Crippen LogP contribution is -1.67. The number of thiocarbonyl (C=S) groups is 1.